The number of aromatic nitrogens is 5. The summed E-state index contributed by atoms with van der Waals surface area (Å²) < 4.78 is 3.13. The van der Waals surface area contributed by atoms with Gasteiger partial charge in [-0.2, -0.15) is 5.10 Å². The zero-order valence-corrected chi connectivity index (χ0v) is 13.8. The van der Waals surface area contributed by atoms with Crippen molar-refractivity contribution >= 4 is 23.4 Å². The van der Waals surface area contributed by atoms with Crippen LogP contribution < -0.4 is 5.84 Å². The van der Waals surface area contributed by atoms with E-state index in [1.165, 1.54) is 16.4 Å². The predicted molar refractivity (Wildman–Crippen MR) is 87.8 cm³/mol. The standard InChI is InChI=1S/C14H15ClN6S/c1-9-7-10(2)21(19-9)13-17-18-14(20(13)16)22-8-11-5-3-4-6-12(11)15/h3-7H,8,16H2,1-2H3. The number of benzene rings is 1. The molecule has 1 aromatic carbocycles. The topological polar surface area (TPSA) is 74.5 Å². The fraction of sp³-hybridized carbons (Fsp3) is 0.214. The van der Waals surface area contributed by atoms with Gasteiger partial charge in [0.05, 0.1) is 5.69 Å². The maximum Gasteiger partial charge on any atom is 0.271 e. The number of halogens is 1. The van der Waals surface area contributed by atoms with Gasteiger partial charge in [0, 0.05) is 16.5 Å². The van der Waals surface area contributed by atoms with Gasteiger partial charge in [0.1, 0.15) is 0 Å². The van der Waals surface area contributed by atoms with Crippen LogP contribution in [-0.2, 0) is 5.75 Å². The van der Waals surface area contributed by atoms with E-state index in [-0.39, 0.29) is 0 Å². The van der Waals surface area contributed by atoms with Crippen LogP contribution in [0.3, 0.4) is 0 Å². The molecule has 0 spiro atoms. The molecule has 114 valence electrons. The molecule has 0 radical (unpaired) electrons. The summed E-state index contributed by atoms with van der Waals surface area (Å²) in [7, 11) is 0. The lowest BCUT2D eigenvalue weighted by Gasteiger charge is -2.05. The van der Waals surface area contributed by atoms with Crippen molar-refractivity contribution in [1.82, 2.24) is 24.7 Å². The molecule has 2 N–H and O–H groups in total. The number of rotatable bonds is 4. The van der Waals surface area contributed by atoms with Crippen molar-refractivity contribution in [2.24, 2.45) is 0 Å². The van der Waals surface area contributed by atoms with Crippen LogP contribution in [0.1, 0.15) is 17.0 Å². The van der Waals surface area contributed by atoms with Gasteiger partial charge >= 0.3 is 0 Å². The third-order valence-electron chi connectivity index (χ3n) is 3.16. The minimum atomic E-state index is 0.493. The number of thioether (sulfide) groups is 1. The van der Waals surface area contributed by atoms with Gasteiger partial charge in [0.25, 0.3) is 5.95 Å². The van der Waals surface area contributed by atoms with E-state index in [0.29, 0.717) is 16.9 Å². The van der Waals surface area contributed by atoms with Crippen molar-refractivity contribution in [2.45, 2.75) is 24.8 Å². The molecule has 0 atom stereocenters. The minimum absolute atomic E-state index is 0.493. The first-order valence-electron chi connectivity index (χ1n) is 6.66. The smallest absolute Gasteiger partial charge is 0.271 e. The molecule has 0 aliphatic rings. The fourth-order valence-corrected chi connectivity index (χ4v) is 3.24. The second-order valence-corrected chi connectivity index (χ2v) is 6.22. The zero-order valence-electron chi connectivity index (χ0n) is 12.2. The van der Waals surface area contributed by atoms with Crippen molar-refractivity contribution in [3.63, 3.8) is 0 Å². The fourth-order valence-electron chi connectivity index (χ4n) is 2.10. The van der Waals surface area contributed by atoms with Crippen molar-refractivity contribution in [3.8, 4) is 5.95 Å². The lowest BCUT2D eigenvalue weighted by Crippen LogP contribution is -2.17. The van der Waals surface area contributed by atoms with E-state index < -0.39 is 0 Å². The normalized spacial score (nSPS) is 11.0. The summed E-state index contributed by atoms with van der Waals surface area (Å²) in [5.74, 6) is 7.26. The number of hydrogen-bond acceptors (Lipinski definition) is 5. The van der Waals surface area contributed by atoms with Crippen LogP contribution in [0, 0.1) is 13.8 Å². The minimum Gasteiger partial charge on any atom is -0.334 e. The van der Waals surface area contributed by atoms with Crippen LogP contribution >= 0.6 is 23.4 Å². The van der Waals surface area contributed by atoms with Crippen LogP contribution in [-0.4, -0.2) is 24.7 Å². The Morgan fingerprint density at radius 2 is 2.00 bits per heavy atom. The lowest BCUT2D eigenvalue weighted by molar-refractivity contribution is 0.727. The molecule has 8 heteroatoms. The van der Waals surface area contributed by atoms with Crippen molar-refractivity contribution in [2.75, 3.05) is 5.84 Å². The van der Waals surface area contributed by atoms with Gasteiger partial charge in [0.2, 0.25) is 5.16 Å². The molecular weight excluding hydrogens is 320 g/mol. The highest BCUT2D eigenvalue weighted by atomic mass is 35.5. The molecule has 0 amide bonds. The van der Waals surface area contributed by atoms with Crippen LogP contribution in [0.2, 0.25) is 5.02 Å². The maximum absolute atomic E-state index is 6.15. The summed E-state index contributed by atoms with van der Waals surface area (Å²) in [6.07, 6.45) is 0. The summed E-state index contributed by atoms with van der Waals surface area (Å²) in [6, 6.07) is 9.67. The molecule has 0 unspecified atom stereocenters. The molecule has 0 aliphatic heterocycles. The summed E-state index contributed by atoms with van der Waals surface area (Å²) in [6.45, 7) is 3.87. The van der Waals surface area contributed by atoms with Crippen molar-refractivity contribution in [1.29, 1.82) is 0 Å². The molecule has 2 aromatic heterocycles. The zero-order chi connectivity index (χ0) is 15.7. The Morgan fingerprint density at radius 3 is 2.68 bits per heavy atom. The third kappa shape index (κ3) is 2.82. The SMILES string of the molecule is Cc1cc(C)n(-c2nnc(SCc3ccccc3Cl)n2N)n1. The molecule has 2 heterocycles. The highest BCUT2D eigenvalue weighted by molar-refractivity contribution is 7.98. The predicted octanol–water partition coefficient (Wildman–Crippen LogP) is 2.74. The Hall–Kier alpha value is -1.99. The monoisotopic (exact) mass is 334 g/mol. The van der Waals surface area contributed by atoms with Crippen LogP contribution in [0.5, 0.6) is 0 Å². The Kier molecular flexibility index (Phi) is 4.08. The average molecular weight is 335 g/mol. The Bertz CT molecular complexity index is 810. The number of hydrogen-bond donors (Lipinski definition) is 1. The van der Waals surface area contributed by atoms with E-state index in [4.69, 9.17) is 17.4 Å². The number of nitrogens with two attached hydrogens (primary N) is 1. The largest absolute Gasteiger partial charge is 0.334 e. The van der Waals surface area contributed by atoms with E-state index in [2.05, 4.69) is 15.3 Å². The van der Waals surface area contributed by atoms with Gasteiger partial charge in [-0.05, 0) is 31.5 Å². The molecule has 0 saturated heterocycles. The summed E-state index contributed by atoms with van der Waals surface area (Å²) in [5, 5.41) is 14.0. The van der Waals surface area contributed by atoms with Crippen LogP contribution in [0.25, 0.3) is 5.95 Å². The Balaban J connectivity index is 1.82. The van der Waals surface area contributed by atoms with E-state index in [0.717, 1.165) is 22.0 Å². The molecule has 6 nitrogen and oxygen atoms in total. The second-order valence-electron chi connectivity index (χ2n) is 4.87. The van der Waals surface area contributed by atoms with Gasteiger partial charge in [-0.3, -0.25) is 0 Å². The first-order chi connectivity index (χ1) is 10.6. The number of nitrogens with zero attached hydrogens (tertiary/aromatic N) is 5. The van der Waals surface area contributed by atoms with Crippen molar-refractivity contribution < 1.29 is 0 Å². The molecule has 3 rings (SSSR count). The third-order valence-corrected chi connectivity index (χ3v) is 4.52. The average Bonchev–Trinajstić information content (AvgIpc) is 3.00. The van der Waals surface area contributed by atoms with Gasteiger partial charge in [-0.15, -0.1) is 10.2 Å². The van der Waals surface area contributed by atoms with E-state index in [9.17, 15) is 0 Å². The van der Waals surface area contributed by atoms with Crippen LogP contribution in [0.15, 0.2) is 35.5 Å². The molecular formula is C14H15ClN6S. The number of aryl methyl sites for hydroxylation is 2. The van der Waals surface area contributed by atoms with Gasteiger partial charge in [-0.25, -0.2) is 9.36 Å². The maximum atomic E-state index is 6.15. The van der Waals surface area contributed by atoms with Crippen LogP contribution in [0.4, 0.5) is 0 Å². The molecule has 0 fully saturated rings. The second kappa shape index (κ2) is 6.02. The van der Waals surface area contributed by atoms with E-state index >= 15 is 0 Å². The first-order valence-corrected chi connectivity index (χ1v) is 8.03. The quantitative estimate of drug-likeness (QED) is 0.586. The Labute approximate surface area is 137 Å². The Morgan fingerprint density at radius 1 is 1.23 bits per heavy atom. The van der Waals surface area contributed by atoms with Crippen molar-refractivity contribution in [3.05, 3.63) is 52.3 Å². The molecule has 3 aromatic rings. The first kappa shape index (κ1) is 14.9. The van der Waals surface area contributed by atoms with Gasteiger partial charge in [0.15, 0.2) is 0 Å². The molecule has 0 aliphatic carbocycles. The summed E-state index contributed by atoms with van der Waals surface area (Å²) in [4.78, 5) is 0. The summed E-state index contributed by atoms with van der Waals surface area (Å²) >= 11 is 7.63. The van der Waals surface area contributed by atoms with E-state index in [1.54, 1.807) is 4.68 Å². The number of nitrogen functional groups attached to an aromatic ring is 1. The highest BCUT2D eigenvalue weighted by Gasteiger charge is 2.15. The molecule has 22 heavy (non-hydrogen) atoms. The summed E-state index contributed by atoms with van der Waals surface area (Å²) in [5.41, 5.74) is 2.90. The van der Waals surface area contributed by atoms with Gasteiger partial charge < -0.3 is 5.84 Å². The van der Waals surface area contributed by atoms with Gasteiger partial charge in [-0.1, -0.05) is 41.6 Å². The molecule has 0 bridgehead atoms. The van der Waals surface area contributed by atoms with E-state index in [1.807, 2.05) is 44.2 Å². The lowest BCUT2D eigenvalue weighted by atomic mass is 10.2. The highest BCUT2D eigenvalue weighted by Crippen LogP contribution is 2.25. The molecule has 0 saturated carbocycles.